The van der Waals surface area contributed by atoms with Crippen LogP contribution in [0.15, 0.2) is 152 Å². The summed E-state index contributed by atoms with van der Waals surface area (Å²) in [5.74, 6) is 2.50. The molecule has 6 aromatic carbocycles. The summed E-state index contributed by atoms with van der Waals surface area (Å²) in [4.78, 5) is 10.2. The number of pyridine rings is 1. The minimum atomic E-state index is -0.283. The topological polar surface area (TPSA) is 33.5 Å². The van der Waals surface area contributed by atoms with Gasteiger partial charge in [0, 0.05) is 45.9 Å². The Bertz CT molecular complexity index is 2790. The number of benzene rings is 6. The van der Waals surface area contributed by atoms with Gasteiger partial charge in [0.1, 0.15) is 24.0 Å². The molecule has 0 saturated carbocycles. The third-order valence-electron chi connectivity index (χ3n) is 12.0. The molecule has 0 N–H and O–H groups in total. The Hall–Kier alpha value is -6.33. The van der Waals surface area contributed by atoms with Crippen LogP contribution in [0.3, 0.4) is 0 Å². The smallest absolute Gasteiger partial charge is 0.137 e. The third kappa shape index (κ3) is 5.64. The second kappa shape index (κ2) is 12.9. The summed E-state index contributed by atoms with van der Waals surface area (Å²) in [6.45, 7) is 12.2. The molecule has 0 radical (unpaired) electrons. The second-order valence-electron chi connectivity index (χ2n) is 16.9. The van der Waals surface area contributed by atoms with Gasteiger partial charge in [0.25, 0.3) is 0 Å². The lowest BCUT2D eigenvalue weighted by Crippen LogP contribution is -2.26. The molecule has 3 aliphatic rings. The van der Waals surface area contributed by atoms with Crippen LogP contribution >= 0.6 is 0 Å². The lowest BCUT2D eigenvalue weighted by Gasteiger charge is -2.29. The summed E-state index contributed by atoms with van der Waals surface area (Å²) >= 11 is 0. The minimum absolute atomic E-state index is 0.0814. The van der Waals surface area contributed by atoms with Crippen molar-refractivity contribution in [3.8, 4) is 17.3 Å². The fraction of sp³-hybridized carbons (Fsp3) is 0.196. The highest BCUT2D eigenvalue weighted by Crippen LogP contribution is 2.48. The van der Waals surface area contributed by atoms with Gasteiger partial charge < -0.3 is 14.5 Å². The number of aromatic nitrogens is 2. The first-order valence-electron chi connectivity index (χ1n) is 19.8. The average Bonchev–Trinajstić information content (AvgIpc) is 3.76. The number of para-hydroxylation sites is 4. The molecule has 2 aromatic heterocycles. The van der Waals surface area contributed by atoms with Crippen molar-refractivity contribution in [2.24, 2.45) is 0 Å². The summed E-state index contributed by atoms with van der Waals surface area (Å²) in [5, 5.41) is 2.37. The van der Waals surface area contributed by atoms with Crippen molar-refractivity contribution in [3.63, 3.8) is 0 Å². The van der Waals surface area contributed by atoms with Crippen LogP contribution in [-0.2, 0) is 23.7 Å². The third-order valence-corrected chi connectivity index (χ3v) is 12.0. The van der Waals surface area contributed by atoms with E-state index in [1.807, 2.05) is 0 Å². The zero-order chi connectivity index (χ0) is 38.2. The molecule has 0 spiro atoms. The van der Waals surface area contributed by atoms with Gasteiger partial charge in [0.05, 0.1) is 22.4 Å². The first kappa shape index (κ1) is 34.2. The van der Waals surface area contributed by atoms with Gasteiger partial charge in [0.2, 0.25) is 0 Å². The maximum Gasteiger partial charge on any atom is 0.137 e. The van der Waals surface area contributed by atoms with Gasteiger partial charge in [-0.2, -0.15) is 0 Å². The van der Waals surface area contributed by atoms with Crippen molar-refractivity contribution in [3.05, 3.63) is 180 Å². The highest BCUT2D eigenvalue weighted by Gasteiger charge is 2.32. The van der Waals surface area contributed by atoms with Crippen LogP contribution in [0, 0.1) is 0 Å². The van der Waals surface area contributed by atoms with E-state index in [1.54, 1.807) is 0 Å². The molecular formula is C51H46N4O. The van der Waals surface area contributed by atoms with E-state index in [-0.39, 0.29) is 10.8 Å². The van der Waals surface area contributed by atoms with Crippen LogP contribution in [0.4, 0.5) is 22.7 Å². The molecule has 8 bridgehead atoms. The second-order valence-corrected chi connectivity index (χ2v) is 16.9. The maximum absolute atomic E-state index is 7.00. The SMILES string of the molecule is CC(C)(C)c1cc2ncc1CCc1ccccc1N1CN(c3cc(cc(C(C)(C)c4ccccc4)c3)Oc3ccc4c5ccccc5n-2c4c3)c2ccccc21. The van der Waals surface area contributed by atoms with Crippen molar-refractivity contribution in [2.75, 3.05) is 16.5 Å². The van der Waals surface area contributed by atoms with Crippen molar-refractivity contribution < 1.29 is 4.74 Å². The molecule has 5 heteroatoms. The van der Waals surface area contributed by atoms with E-state index in [0.29, 0.717) is 6.67 Å². The summed E-state index contributed by atoms with van der Waals surface area (Å²) in [6.07, 6.45) is 3.92. The molecule has 276 valence electrons. The Balaban J connectivity index is 1.23. The Labute approximate surface area is 329 Å². The zero-order valence-corrected chi connectivity index (χ0v) is 32.8. The normalized spacial score (nSPS) is 14.0. The van der Waals surface area contributed by atoms with E-state index in [9.17, 15) is 0 Å². The van der Waals surface area contributed by atoms with Crippen LogP contribution in [0.2, 0.25) is 0 Å². The number of anilines is 4. The van der Waals surface area contributed by atoms with Gasteiger partial charge in [-0.15, -0.1) is 0 Å². The molecule has 56 heavy (non-hydrogen) atoms. The number of fused-ring (bicyclic) bond motifs is 6. The fourth-order valence-corrected chi connectivity index (χ4v) is 8.97. The van der Waals surface area contributed by atoms with Gasteiger partial charge in [0.15, 0.2) is 0 Å². The summed E-state index contributed by atoms with van der Waals surface area (Å²) in [6, 6.07) is 52.8. The van der Waals surface area contributed by atoms with E-state index in [1.165, 1.54) is 55.7 Å². The van der Waals surface area contributed by atoms with Crippen LogP contribution in [0.25, 0.3) is 27.6 Å². The minimum Gasteiger partial charge on any atom is -0.457 e. The van der Waals surface area contributed by atoms with Crippen LogP contribution in [0.5, 0.6) is 11.5 Å². The highest BCUT2D eigenvalue weighted by atomic mass is 16.5. The Kier molecular flexibility index (Phi) is 7.86. The number of aryl methyl sites for hydroxylation is 2. The van der Waals surface area contributed by atoms with Crippen molar-refractivity contribution in [1.29, 1.82) is 0 Å². The lowest BCUT2D eigenvalue weighted by molar-refractivity contribution is 0.480. The molecule has 0 amide bonds. The van der Waals surface area contributed by atoms with E-state index >= 15 is 0 Å². The van der Waals surface area contributed by atoms with Gasteiger partial charge in [-0.25, -0.2) is 4.98 Å². The molecule has 0 saturated heterocycles. The van der Waals surface area contributed by atoms with Crippen molar-refractivity contribution in [2.45, 2.75) is 58.3 Å². The monoisotopic (exact) mass is 730 g/mol. The predicted molar refractivity (Wildman–Crippen MR) is 232 cm³/mol. The highest BCUT2D eigenvalue weighted by molar-refractivity contribution is 6.09. The summed E-state index contributed by atoms with van der Waals surface area (Å²) in [7, 11) is 0. The molecule has 11 rings (SSSR count). The number of nitrogens with zero attached hydrogens (tertiary/aromatic N) is 4. The molecule has 0 unspecified atom stereocenters. The number of hydrogen-bond donors (Lipinski definition) is 0. The quantitative estimate of drug-likeness (QED) is 0.177. The Morgan fingerprint density at radius 3 is 2.02 bits per heavy atom. The van der Waals surface area contributed by atoms with Crippen LogP contribution in [0.1, 0.15) is 62.4 Å². The first-order valence-corrected chi connectivity index (χ1v) is 19.8. The van der Waals surface area contributed by atoms with Crippen LogP contribution in [-0.4, -0.2) is 16.2 Å². The number of ether oxygens (including phenoxy) is 1. The van der Waals surface area contributed by atoms with Gasteiger partial charge in [-0.05, 0) is 101 Å². The standard InChI is InChI=1S/C51H46N4O/c1-50(2,3)43-31-49-52-32-35(43)24-23-34-15-9-11-19-44(34)54-33-53(46-21-13-14-22-47(46)54)38-27-37(51(4,5)36-16-7-6-8-17-36)28-40(29-38)56-39-25-26-42-41-18-10-12-20-45(41)55(49)48(42)30-39/h6-22,25-32H,23-24,33H2,1-5H3. The molecule has 5 nitrogen and oxygen atoms in total. The molecule has 0 aliphatic carbocycles. The predicted octanol–water partition coefficient (Wildman–Crippen LogP) is 12.9. The summed E-state index contributed by atoms with van der Waals surface area (Å²) < 4.78 is 9.31. The largest absolute Gasteiger partial charge is 0.457 e. The van der Waals surface area contributed by atoms with Gasteiger partial charge in [-0.3, -0.25) is 4.57 Å². The van der Waals surface area contributed by atoms with Crippen molar-refractivity contribution in [1.82, 2.24) is 9.55 Å². The molecular weight excluding hydrogens is 685 g/mol. The average molecular weight is 731 g/mol. The first-order chi connectivity index (χ1) is 27.1. The van der Waals surface area contributed by atoms with E-state index in [2.05, 4.69) is 201 Å². The molecule has 0 fully saturated rings. The molecule has 8 aromatic rings. The fourth-order valence-electron chi connectivity index (χ4n) is 8.97. The summed E-state index contributed by atoms with van der Waals surface area (Å²) in [5.41, 5.74) is 12.9. The zero-order valence-electron chi connectivity index (χ0n) is 32.8. The Morgan fingerprint density at radius 2 is 1.21 bits per heavy atom. The van der Waals surface area contributed by atoms with Crippen molar-refractivity contribution >= 4 is 44.6 Å². The molecule has 5 heterocycles. The molecule has 3 aliphatic heterocycles. The van der Waals surface area contributed by atoms with Crippen LogP contribution < -0.4 is 14.5 Å². The molecule has 0 atom stereocenters. The van der Waals surface area contributed by atoms with E-state index in [0.717, 1.165) is 46.9 Å². The lowest BCUT2D eigenvalue weighted by atomic mass is 9.78. The number of hydrogen-bond acceptors (Lipinski definition) is 4. The van der Waals surface area contributed by atoms with Gasteiger partial charge in [-0.1, -0.05) is 113 Å². The maximum atomic E-state index is 7.00. The van der Waals surface area contributed by atoms with E-state index in [4.69, 9.17) is 9.72 Å². The van der Waals surface area contributed by atoms with E-state index < -0.39 is 0 Å². The van der Waals surface area contributed by atoms with Gasteiger partial charge >= 0.3 is 0 Å². The Morgan fingerprint density at radius 1 is 0.536 bits per heavy atom. The number of rotatable bonds is 2.